The van der Waals surface area contributed by atoms with E-state index in [1.54, 1.807) is 0 Å². The first-order valence-corrected chi connectivity index (χ1v) is 8.35. The second kappa shape index (κ2) is 7.74. The average Bonchev–Trinajstić information content (AvgIpc) is 2.91. The molecule has 10 heteroatoms. The van der Waals surface area contributed by atoms with Crippen molar-refractivity contribution in [3.8, 4) is 5.75 Å². The molecular formula is C18H16N4O6. The Kier molecular flexibility index (Phi) is 5.21. The molecule has 0 bridgehead atoms. The fraction of sp³-hybridized carbons (Fsp3) is 0.167. The summed E-state index contributed by atoms with van der Waals surface area (Å²) >= 11 is 0. The number of hydrogen-bond acceptors (Lipinski definition) is 6. The highest BCUT2D eigenvalue weighted by atomic mass is 16.6. The Morgan fingerprint density at radius 3 is 2.43 bits per heavy atom. The molecule has 1 heterocycles. The Labute approximate surface area is 158 Å². The maximum atomic E-state index is 12.3. The fourth-order valence-electron chi connectivity index (χ4n) is 2.75. The molecule has 0 saturated carbocycles. The van der Waals surface area contributed by atoms with Crippen molar-refractivity contribution in [2.24, 2.45) is 0 Å². The highest BCUT2D eigenvalue weighted by molar-refractivity contribution is 6.21. The van der Waals surface area contributed by atoms with Gasteiger partial charge in [0.2, 0.25) is 0 Å². The first kappa shape index (κ1) is 18.8. The second-order valence-electron chi connectivity index (χ2n) is 6.03. The number of nitro groups is 1. The van der Waals surface area contributed by atoms with E-state index in [0.29, 0.717) is 12.1 Å². The quantitative estimate of drug-likeness (QED) is 0.229. The number of aromatic hydroxyl groups is 1. The van der Waals surface area contributed by atoms with E-state index in [1.165, 1.54) is 36.4 Å². The van der Waals surface area contributed by atoms with Gasteiger partial charge in [0.05, 0.1) is 16.1 Å². The van der Waals surface area contributed by atoms with Gasteiger partial charge in [-0.25, -0.2) is 4.79 Å². The Bertz CT molecular complexity index is 957. The van der Waals surface area contributed by atoms with E-state index in [2.05, 4.69) is 10.6 Å². The van der Waals surface area contributed by atoms with Gasteiger partial charge in [-0.3, -0.25) is 24.6 Å². The topological polar surface area (TPSA) is 142 Å². The van der Waals surface area contributed by atoms with E-state index in [4.69, 9.17) is 0 Å². The van der Waals surface area contributed by atoms with Crippen molar-refractivity contribution in [1.82, 2.24) is 10.2 Å². The van der Waals surface area contributed by atoms with Gasteiger partial charge in [0.15, 0.2) is 0 Å². The first-order valence-electron chi connectivity index (χ1n) is 8.35. The molecule has 0 spiro atoms. The third-order valence-corrected chi connectivity index (χ3v) is 4.13. The lowest BCUT2D eigenvalue weighted by molar-refractivity contribution is -0.384. The number of non-ortho nitro benzene ring substituents is 1. The third kappa shape index (κ3) is 3.90. The van der Waals surface area contributed by atoms with Crippen LogP contribution in [0.25, 0.3) is 0 Å². The van der Waals surface area contributed by atoms with Crippen LogP contribution in [0.5, 0.6) is 5.75 Å². The Morgan fingerprint density at radius 1 is 1.07 bits per heavy atom. The number of amides is 4. The minimum atomic E-state index is -0.628. The van der Waals surface area contributed by atoms with Crippen molar-refractivity contribution in [3.05, 3.63) is 63.7 Å². The van der Waals surface area contributed by atoms with Crippen molar-refractivity contribution in [2.75, 3.05) is 18.4 Å². The van der Waals surface area contributed by atoms with Crippen LogP contribution in [0, 0.1) is 10.1 Å². The molecule has 0 unspecified atom stereocenters. The maximum absolute atomic E-state index is 12.3. The van der Waals surface area contributed by atoms with E-state index >= 15 is 0 Å². The summed E-state index contributed by atoms with van der Waals surface area (Å²) in [6.07, 6.45) is 0.316. The van der Waals surface area contributed by atoms with Crippen LogP contribution >= 0.6 is 0 Å². The number of hydrogen-bond donors (Lipinski definition) is 3. The second-order valence-corrected chi connectivity index (χ2v) is 6.03. The van der Waals surface area contributed by atoms with Crippen LogP contribution in [-0.4, -0.2) is 45.9 Å². The van der Waals surface area contributed by atoms with Crippen LogP contribution < -0.4 is 10.6 Å². The van der Waals surface area contributed by atoms with Crippen LogP contribution in [0.15, 0.2) is 42.5 Å². The SMILES string of the molecule is O=C(NCCCN1C(=O)c2ccc([N+](=O)[O-])cc2C1=O)Nc1ccc(O)cc1. The average molecular weight is 384 g/mol. The maximum Gasteiger partial charge on any atom is 0.319 e. The molecule has 2 aromatic rings. The molecule has 0 radical (unpaired) electrons. The van der Waals surface area contributed by atoms with Crippen molar-refractivity contribution in [1.29, 1.82) is 0 Å². The summed E-state index contributed by atoms with van der Waals surface area (Å²) in [6, 6.07) is 9.02. The summed E-state index contributed by atoms with van der Waals surface area (Å²) in [4.78, 5) is 47.7. The van der Waals surface area contributed by atoms with Gasteiger partial charge in [0, 0.05) is 30.9 Å². The predicted octanol–water partition coefficient (Wildman–Crippen LogP) is 2.11. The van der Waals surface area contributed by atoms with Crippen LogP contribution in [0.4, 0.5) is 16.2 Å². The number of phenolic OH excluding ortho intramolecular Hbond substituents is 1. The van der Waals surface area contributed by atoms with Gasteiger partial charge in [0.25, 0.3) is 17.5 Å². The number of carbonyl (C=O) groups excluding carboxylic acids is 3. The summed E-state index contributed by atoms with van der Waals surface area (Å²) in [6.45, 7) is 0.275. The van der Waals surface area contributed by atoms with Crippen LogP contribution in [0.3, 0.4) is 0 Å². The number of imide groups is 1. The molecule has 4 amide bonds. The van der Waals surface area contributed by atoms with Gasteiger partial charge in [-0.1, -0.05) is 0 Å². The lowest BCUT2D eigenvalue weighted by Gasteiger charge is -2.14. The molecular weight excluding hydrogens is 368 g/mol. The Hall–Kier alpha value is -3.95. The lowest BCUT2D eigenvalue weighted by atomic mass is 10.1. The Balaban J connectivity index is 1.50. The molecule has 10 nitrogen and oxygen atoms in total. The van der Waals surface area contributed by atoms with Gasteiger partial charge in [0.1, 0.15) is 5.75 Å². The van der Waals surface area contributed by atoms with Gasteiger partial charge < -0.3 is 15.7 Å². The number of rotatable bonds is 6. The van der Waals surface area contributed by atoms with E-state index in [-0.39, 0.29) is 35.7 Å². The molecule has 1 aliphatic heterocycles. The smallest absolute Gasteiger partial charge is 0.319 e. The molecule has 2 aromatic carbocycles. The molecule has 0 atom stereocenters. The monoisotopic (exact) mass is 384 g/mol. The van der Waals surface area contributed by atoms with Crippen molar-refractivity contribution in [2.45, 2.75) is 6.42 Å². The molecule has 3 rings (SSSR count). The summed E-state index contributed by atoms with van der Waals surface area (Å²) in [7, 11) is 0. The van der Waals surface area contributed by atoms with Gasteiger partial charge in [-0.05, 0) is 36.8 Å². The number of urea groups is 1. The molecule has 3 N–H and O–H groups in total. The standard InChI is InChI=1S/C18H16N4O6/c23-13-5-2-11(3-6-13)20-18(26)19-8-1-9-21-16(24)14-7-4-12(22(27)28)10-15(14)17(21)25/h2-7,10,23H,1,8-9H2,(H2,19,20,26). The summed E-state index contributed by atoms with van der Waals surface area (Å²) in [5.74, 6) is -1.02. The molecule has 144 valence electrons. The van der Waals surface area contributed by atoms with Crippen molar-refractivity contribution in [3.63, 3.8) is 0 Å². The molecule has 0 saturated heterocycles. The predicted molar refractivity (Wildman–Crippen MR) is 98.2 cm³/mol. The normalized spacial score (nSPS) is 12.6. The molecule has 28 heavy (non-hydrogen) atoms. The largest absolute Gasteiger partial charge is 0.508 e. The number of benzene rings is 2. The minimum Gasteiger partial charge on any atom is -0.508 e. The zero-order chi connectivity index (χ0) is 20.3. The Morgan fingerprint density at radius 2 is 1.75 bits per heavy atom. The number of nitrogens with zero attached hydrogens (tertiary/aromatic N) is 2. The number of nitrogens with one attached hydrogen (secondary N) is 2. The van der Waals surface area contributed by atoms with Crippen molar-refractivity contribution < 1.29 is 24.4 Å². The minimum absolute atomic E-state index is 0.0113. The number of carbonyl (C=O) groups is 3. The number of nitro benzene ring substituents is 1. The van der Waals surface area contributed by atoms with E-state index in [9.17, 15) is 29.6 Å². The van der Waals surface area contributed by atoms with Crippen molar-refractivity contribution >= 4 is 29.2 Å². The number of anilines is 1. The van der Waals surface area contributed by atoms with Gasteiger partial charge in [-0.15, -0.1) is 0 Å². The lowest BCUT2D eigenvalue weighted by Crippen LogP contribution is -2.35. The summed E-state index contributed by atoms with van der Waals surface area (Å²) in [5.41, 5.74) is 0.387. The molecule has 0 fully saturated rings. The first-order chi connectivity index (χ1) is 13.4. The molecule has 0 aromatic heterocycles. The van der Waals surface area contributed by atoms with E-state index in [0.717, 1.165) is 11.0 Å². The van der Waals surface area contributed by atoms with Crippen LogP contribution in [0.2, 0.25) is 0 Å². The number of phenols is 1. The van der Waals surface area contributed by atoms with Gasteiger partial charge in [-0.2, -0.15) is 0 Å². The summed E-state index contributed by atoms with van der Waals surface area (Å²) in [5, 5.41) is 25.2. The summed E-state index contributed by atoms with van der Waals surface area (Å²) < 4.78 is 0. The highest BCUT2D eigenvalue weighted by Crippen LogP contribution is 2.26. The zero-order valence-corrected chi connectivity index (χ0v) is 14.5. The van der Waals surface area contributed by atoms with E-state index in [1.807, 2.05) is 0 Å². The van der Waals surface area contributed by atoms with Crippen LogP contribution in [-0.2, 0) is 0 Å². The molecule has 1 aliphatic rings. The molecule has 0 aliphatic carbocycles. The van der Waals surface area contributed by atoms with Gasteiger partial charge >= 0.3 is 6.03 Å². The third-order valence-electron chi connectivity index (χ3n) is 4.13. The van der Waals surface area contributed by atoms with Crippen LogP contribution in [0.1, 0.15) is 27.1 Å². The zero-order valence-electron chi connectivity index (χ0n) is 14.5. The van der Waals surface area contributed by atoms with E-state index < -0.39 is 22.8 Å². The highest BCUT2D eigenvalue weighted by Gasteiger charge is 2.36. The number of fused-ring (bicyclic) bond motifs is 1. The fourth-order valence-corrected chi connectivity index (χ4v) is 2.75.